The Kier molecular flexibility index (Phi) is 3.45. The summed E-state index contributed by atoms with van der Waals surface area (Å²) in [6, 6.07) is 12.0. The van der Waals surface area contributed by atoms with Gasteiger partial charge in [0.05, 0.1) is 28.9 Å². The maximum absolute atomic E-state index is 14.6. The van der Waals surface area contributed by atoms with Crippen molar-refractivity contribution in [3.63, 3.8) is 0 Å². The van der Waals surface area contributed by atoms with Crippen molar-refractivity contribution < 1.29 is 13.6 Å². The summed E-state index contributed by atoms with van der Waals surface area (Å²) in [5.41, 5.74) is 8.88. The minimum atomic E-state index is -0.807. The molecule has 3 N–H and O–H groups in total. The fourth-order valence-electron chi connectivity index (χ4n) is 3.87. The Morgan fingerprint density at radius 2 is 1.82 bits per heavy atom. The molecular formula is C21H14F2N4O. The molecule has 138 valence electrons. The van der Waals surface area contributed by atoms with E-state index in [1.165, 1.54) is 24.4 Å². The number of para-hydroxylation sites is 1. The summed E-state index contributed by atoms with van der Waals surface area (Å²) >= 11 is 0. The number of nitrogens with zero attached hydrogens (tertiary/aromatic N) is 2. The van der Waals surface area contributed by atoms with Crippen LogP contribution >= 0.6 is 0 Å². The number of aromatic nitrogens is 2. The molecule has 5 rings (SSSR count). The van der Waals surface area contributed by atoms with E-state index in [1.54, 1.807) is 22.8 Å². The number of nitrogens with one attached hydrogen (secondary N) is 1. The summed E-state index contributed by atoms with van der Waals surface area (Å²) in [4.78, 5) is 12.1. The Labute approximate surface area is 158 Å². The van der Waals surface area contributed by atoms with Gasteiger partial charge in [-0.05, 0) is 24.3 Å². The van der Waals surface area contributed by atoms with Crippen molar-refractivity contribution in [3.05, 3.63) is 89.2 Å². The zero-order valence-electron chi connectivity index (χ0n) is 14.5. The molecule has 0 saturated heterocycles. The molecule has 0 fully saturated rings. The first-order valence-electron chi connectivity index (χ1n) is 8.66. The highest BCUT2D eigenvalue weighted by atomic mass is 19.1. The fraction of sp³-hybridized carbons (Fsp3) is 0.0476. The average molecular weight is 376 g/mol. The molecule has 0 radical (unpaired) electrons. The number of hydrogen-bond acceptors (Lipinski definition) is 3. The summed E-state index contributed by atoms with van der Waals surface area (Å²) in [6.07, 6.45) is 3.11. The second-order valence-corrected chi connectivity index (χ2v) is 6.62. The van der Waals surface area contributed by atoms with E-state index in [0.717, 1.165) is 0 Å². The van der Waals surface area contributed by atoms with Gasteiger partial charge < -0.3 is 11.1 Å². The molecule has 1 aliphatic rings. The van der Waals surface area contributed by atoms with Gasteiger partial charge in [0.15, 0.2) is 0 Å². The summed E-state index contributed by atoms with van der Waals surface area (Å²) in [5, 5.41) is 7.50. The third kappa shape index (κ3) is 2.22. The Morgan fingerprint density at radius 1 is 1.07 bits per heavy atom. The lowest BCUT2D eigenvalue weighted by Crippen LogP contribution is -2.15. The van der Waals surface area contributed by atoms with E-state index >= 15 is 0 Å². The third-order valence-corrected chi connectivity index (χ3v) is 5.08. The Hall–Kier alpha value is -3.74. The number of fused-ring (bicyclic) bond motifs is 2. The zero-order chi connectivity index (χ0) is 19.4. The van der Waals surface area contributed by atoms with Gasteiger partial charge in [-0.2, -0.15) is 5.10 Å². The van der Waals surface area contributed by atoms with Crippen LogP contribution in [-0.4, -0.2) is 15.5 Å². The molecule has 28 heavy (non-hydrogen) atoms. The number of benzene rings is 2. The summed E-state index contributed by atoms with van der Waals surface area (Å²) < 4.78 is 30.9. The van der Waals surface area contributed by atoms with Crippen molar-refractivity contribution >= 4 is 17.1 Å². The highest BCUT2D eigenvalue weighted by Crippen LogP contribution is 2.44. The van der Waals surface area contributed by atoms with Gasteiger partial charge in [0.2, 0.25) is 0 Å². The van der Waals surface area contributed by atoms with Gasteiger partial charge in [0.25, 0.3) is 5.91 Å². The van der Waals surface area contributed by atoms with Crippen LogP contribution in [0.4, 0.5) is 14.5 Å². The van der Waals surface area contributed by atoms with Gasteiger partial charge in [-0.15, -0.1) is 0 Å². The van der Waals surface area contributed by atoms with Gasteiger partial charge in [-0.25, -0.2) is 13.3 Å². The summed E-state index contributed by atoms with van der Waals surface area (Å²) in [5.74, 6) is -1.93. The number of halogens is 2. The Morgan fingerprint density at radius 3 is 2.57 bits per heavy atom. The van der Waals surface area contributed by atoms with Crippen LogP contribution in [-0.2, 0) is 0 Å². The van der Waals surface area contributed by atoms with Gasteiger partial charge >= 0.3 is 0 Å². The maximum atomic E-state index is 14.6. The quantitative estimate of drug-likeness (QED) is 0.557. The fourth-order valence-corrected chi connectivity index (χ4v) is 3.87. The molecule has 1 atom stereocenters. The molecule has 7 heteroatoms. The van der Waals surface area contributed by atoms with Crippen LogP contribution in [0.5, 0.6) is 0 Å². The third-order valence-electron chi connectivity index (χ3n) is 5.08. The van der Waals surface area contributed by atoms with E-state index in [2.05, 4.69) is 10.4 Å². The van der Waals surface area contributed by atoms with Crippen LogP contribution in [0.3, 0.4) is 0 Å². The molecule has 0 spiro atoms. The first kappa shape index (κ1) is 16.4. The summed E-state index contributed by atoms with van der Waals surface area (Å²) in [7, 11) is 0. The lowest BCUT2D eigenvalue weighted by atomic mass is 9.96. The average Bonchev–Trinajstić information content (AvgIpc) is 3.04. The number of hydrogen-bond donors (Lipinski definition) is 2. The van der Waals surface area contributed by atoms with E-state index in [-0.39, 0.29) is 11.1 Å². The lowest BCUT2D eigenvalue weighted by molar-refractivity contribution is 0.100. The number of rotatable bonds is 2. The maximum Gasteiger partial charge on any atom is 0.251 e. The van der Waals surface area contributed by atoms with Crippen LogP contribution in [0.1, 0.15) is 27.5 Å². The minimum Gasteiger partial charge on any atom is -0.373 e. The van der Waals surface area contributed by atoms with Crippen LogP contribution in [0, 0.1) is 11.6 Å². The minimum absolute atomic E-state index is 0.0947. The van der Waals surface area contributed by atoms with E-state index < -0.39 is 23.6 Å². The standard InChI is InChI=1S/C21H14F2N4O/c22-14-5-3-6-15(23)18(14)19-12-8-9-27-20(12)17(13(10-25-27)21(24)28)11-4-1-2-7-16(11)26-19/h1-10,19,26H,(H2,24,28). The number of amides is 1. The van der Waals surface area contributed by atoms with Crippen LogP contribution in [0.25, 0.3) is 16.6 Å². The van der Waals surface area contributed by atoms with Crippen molar-refractivity contribution in [2.75, 3.05) is 5.32 Å². The molecular weight excluding hydrogens is 362 g/mol. The Balaban J connectivity index is 1.93. The van der Waals surface area contributed by atoms with Gasteiger partial charge in [-0.3, -0.25) is 4.79 Å². The number of anilines is 1. The molecule has 0 saturated carbocycles. The lowest BCUT2D eigenvalue weighted by Gasteiger charge is -2.20. The van der Waals surface area contributed by atoms with Gasteiger partial charge in [-0.1, -0.05) is 24.3 Å². The molecule has 5 nitrogen and oxygen atoms in total. The molecule has 3 heterocycles. The highest BCUT2D eigenvalue weighted by molar-refractivity contribution is 6.06. The zero-order valence-corrected chi connectivity index (χ0v) is 14.5. The normalized spacial score (nSPS) is 15.0. The Bertz CT molecular complexity index is 1240. The van der Waals surface area contributed by atoms with Crippen molar-refractivity contribution in [1.82, 2.24) is 9.61 Å². The van der Waals surface area contributed by atoms with E-state index in [1.807, 2.05) is 18.2 Å². The van der Waals surface area contributed by atoms with Crippen molar-refractivity contribution in [2.45, 2.75) is 6.04 Å². The van der Waals surface area contributed by atoms with E-state index in [9.17, 15) is 13.6 Å². The molecule has 4 aromatic rings. The topological polar surface area (TPSA) is 72.4 Å². The second-order valence-electron chi connectivity index (χ2n) is 6.62. The molecule has 2 aromatic carbocycles. The van der Waals surface area contributed by atoms with Gasteiger partial charge in [0, 0.05) is 28.6 Å². The molecule has 1 amide bonds. The number of nitrogens with two attached hydrogens (primary N) is 1. The summed E-state index contributed by atoms with van der Waals surface area (Å²) in [6.45, 7) is 0. The largest absolute Gasteiger partial charge is 0.373 e. The number of primary amides is 1. The molecule has 1 unspecified atom stereocenters. The molecule has 0 aliphatic carbocycles. The van der Waals surface area contributed by atoms with Crippen molar-refractivity contribution in [2.24, 2.45) is 5.73 Å². The number of carbonyl (C=O) groups is 1. The van der Waals surface area contributed by atoms with E-state index in [0.29, 0.717) is 27.9 Å². The van der Waals surface area contributed by atoms with Gasteiger partial charge in [0.1, 0.15) is 11.6 Å². The SMILES string of the molecule is NC(=O)c1cnn2ccc3c2c1-c1ccccc1NC3c1c(F)cccc1F. The smallest absolute Gasteiger partial charge is 0.251 e. The number of carbonyl (C=O) groups excluding carboxylic acids is 1. The monoisotopic (exact) mass is 376 g/mol. The molecule has 0 bridgehead atoms. The van der Waals surface area contributed by atoms with E-state index in [4.69, 9.17) is 5.73 Å². The first-order valence-corrected chi connectivity index (χ1v) is 8.66. The second kappa shape index (κ2) is 5.88. The van der Waals surface area contributed by atoms with Crippen molar-refractivity contribution in [3.8, 4) is 11.1 Å². The van der Waals surface area contributed by atoms with Crippen LogP contribution in [0.2, 0.25) is 0 Å². The predicted octanol–water partition coefficient (Wildman–Crippen LogP) is 3.89. The van der Waals surface area contributed by atoms with Crippen LogP contribution < -0.4 is 11.1 Å². The molecule has 2 aromatic heterocycles. The molecule has 1 aliphatic heterocycles. The van der Waals surface area contributed by atoms with Crippen LogP contribution in [0.15, 0.2) is 60.9 Å². The highest BCUT2D eigenvalue weighted by Gasteiger charge is 2.31. The first-order chi connectivity index (χ1) is 13.6. The predicted molar refractivity (Wildman–Crippen MR) is 101 cm³/mol. The van der Waals surface area contributed by atoms with Crippen molar-refractivity contribution in [1.29, 1.82) is 0 Å².